The van der Waals surface area contributed by atoms with Crippen LogP contribution in [0.1, 0.15) is 104 Å². The second kappa shape index (κ2) is 25.6. The largest absolute Gasteiger partial charge is 1.00 e. The van der Waals surface area contributed by atoms with Crippen molar-refractivity contribution < 1.29 is 73.3 Å². The van der Waals surface area contributed by atoms with Gasteiger partial charge in [-0.3, -0.25) is 47.9 Å². The van der Waals surface area contributed by atoms with Crippen molar-refractivity contribution in [1.29, 1.82) is 0 Å². The number of rotatable bonds is 18. The number of fused-ring (bicyclic) bond motifs is 3. The SMILES string of the molecule is CCOc1ccccc1-n1c(CCCCN2C(=O)c3ccccc3C2=O)nc2ccccc2c1=O.CCOc1ccccc1NC(=O)c1ccccc1NC(=O)CCCCN1C(=O)c2ccccc2C1=O.[Na+].[OH-]. The van der Waals surface area contributed by atoms with E-state index in [2.05, 4.69) is 10.6 Å². The van der Waals surface area contributed by atoms with Gasteiger partial charge in [0.05, 0.1) is 69.0 Å². The van der Waals surface area contributed by atoms with E-state index in [9.17, 15) is 33.6 Å². The molecule has 9 rings (SSSR count). The van der Waals surface area contributed by atoms with Gasteiger partial charge in [0.1, 0.15) is 17.3 Å². The molecule has 0 atom stereocenters. The molecule has 0 saturated carbocycles. The number of anilines is 2. The Morgan fingerprint density at radius 3 is 1.62 bits per heavy atom. The minimum absolute atomic E-state index is 0. The number of ether oxygens (including phenoxy) is 2. The van der Waals surface area contributed by atoms with E-state index in [1.165, 1.54) is 9.80 Å². The Labute approximate surface area is 443 Å². The average molecular weight is 993 g/mol. The molecule has 7 aromatic rings. The molecule has 16 nitrogen and oxygen atoms in total. The van der Waals surface area contributed by atoms with Crippen molar-refractivity contribution in [3.8, 4) is 17.2 Å². The molecule has 0 spiro atoms. The Morgan fingerprint density at radius 2 is 1.01 bits per heavy atom. The third-order valence-electron chi connectivity index (χ3n) is 12.0. The standard InChI is InChI=1S/C28H27N3O5.C28H25N3O4.Na.H2O/c1-2-36-24-16-8-7-15-23(24)30-26(33)21-13-5-6-14-22(21)29-25(32)17-9-10-18-31-27(34)19-11-3-4-12-20(19)28(31)35;1-2-35-24-16-8-7-15-23(24)31-25(29-22-14-6-5-13-21(22)28(31)34)17-9-10-18-30-26(32)19-11-3-4-12-20(19)27(30)33;;/h3-8,11-16H,2,9-10,17-18H2,1H3,(H,29,32)(H,30,33);3-8,11-16H,2,9-10,17-18H2,1H3;;1H2/q;;+1;/p-1. The van der Waals surface area contributed by atoms with Crippen LogP contribution in [0.25, 0.3) is 16.6 Å². The summed E-state index contributed by atoms with van der Waals surface area (Å²) in [5.74, 6) is 0.0550. The molecular weight excluding hydrogens is 940 g/mol. The number of benzene rings is 6. The summed E-state index contributed by atoms with van der Waals surface area (Å²) in [4.78, 5) is 96.5. The van der Waals surface area contributed by atoms with Crippen molar-refractivity contribution in [2.75, 3.05) is 36.9 Å². The number of imide groups is 2. The van der Waals surface area contributed by atoms with E-state index in [0.29, 0.717) is 125 Å². The Balaban J connectivity index is 0.000000232. The second-order valence-electron chi connectivity index (χ2n) is 16.6. The zero-order valence-corrected chi connectivity index (χ0v) is 42.8. The van der Waals surface area contributed by atoms with Crippen LogP contribution in [0.2, 0.25) is 0 Å². The molecule has 0 aliphatic carbocycles. The molecule has 2 aliphatic heterocycles. The number of nitrogens with zero attached hydrogens (tertiary/aromatic N) is 4. The van der Waals surface area contributed by atoms with Crippen molar-refractivity contribution in [2.45, 2.75) is 52.4 Å². The molecule has 368 valence electrons. The smallest absolute Gasteiger partial charge is 0.870 e. The molecular formula is C56H53N6NaO10. The maximum Gasteiger partial charge on any atom is 1.00 e. The first-order valence-corrected chi connectivity index (χ1v) is 23.6. The van der Waals surface area contributed by atoms with Crippen molar-refractivity contribution in [1.82, 2.24) is 19.4 Å². The molecule has 17 heteroatoms. The third-order valence-corrected chi connectivity index (χ3v) is 12.0. The number of para-hydroxylation sites is 6. The number of amides is 6. The summed E-state index contributed by atoms with van der Waals surface area (Å²) in [7, 11) is 0. The van der Waals surface area contributed by atoms with Gasteiger partial charge in [-0.15, -0.1) is 0 Å². The molecule has 73 heavy (non-hydrogen) atoms. The van der Waals surface area contributed by atoms with Crippen molar-refractivity contribution in [3.05, 3.63) is 190 Å². The minimum Gasteiger partial charge on any atom is -0.870 e. The van der Waals surface area contributed by atoms with Gasteiger partial charge in [0.15, 0.2) is 0 Å². The van der Waals surface area contributed by atoms with Crippen LogP contribution >= 0.6 is 0 Å². The molecule has 0 saturated heterocycles. The number of carbonyl (C=O) groups excluding carboxylic acids is 6. The van der Waals surface area contributed by atoms with Crippen molar-refractivity contribution >= 4 is 57.7 Å². The first-order chi connectivity index (χ1) is 34.6. The van der Waals surface area contributed by atoms with Crippen LogP contribution in [0.3, 0.4) is 0 Å². The molecule has 0 unspecified atom stereocenters. The first kappa shape index (κ1) is 54.6. The summed E-state index contributed by atoms with van der Waals surface area (Å²) >= 11 is 0. The zero-order valence-electron chi connectivity index (χ0n) is 40.8. The molecule has 0 fully saturated rings. The van der Waals surface area contributed by atoms with Crippen molar-refractivity contribution in [2.24, 2.45) is 0 Å². The molecule has 0 bridgehead atoms. The van der Waals surface area contributed by atoms with Gasteiger partial charge in [-0.25, -0.2) is 4.98 Å². The van der Waals surface area contributed by atoms with Crippen molar-refractivity contribution in [3.63, 3.8) is 0 Å². The van der Waals surface area contributed by atoms with Crippen LogP contribution in [0.4, 0.5) is 11.4 Å². The molecule has 0 radical (unpaired) electrons. The Bertz CT molecular complexity index is 3160. The fourth-order valence-electron chi connectivity index (χ4n) is 8.55. The summed E-state index contributed by atoms with van der Waals surface area (Å²) < 4.78 is 13.0. The number of hydrogen-bond donors (Lipinski definition) is 2. The number of unbranched alkanes of at least 4 members (excludes halogenated alkanes) is 2. The summed E-state index contributed by atoms with van der Waals surface area (Å²) in [6.07, 6.45) is 2.91. The summed E-state index contributed by atoms with van der Waals surface area (Å²) in [6.45, 7) is 5.27. The number of aromatic nitrogens is 2. The zero-order chi connectivity index (χ0) is 49.9. The van der Waals surface area contributed by atoms with Gasteiger partial charge in [0, 0.05) is 25.9 Å². The van der Waals surface area contributed by atoms with Gasteiger partial charge in [0.2, 0.25) is 5.91 Å². The topological polar surface area (TPSA) is 216 Å². The molecule has 6 amide bonds. The number of aryl methyl sites for hydroxylation is 1. The third kappa shape index (κ3) is 12.3. The molecule has 3 heterocycles. The van der Waals surface area contributed by atoms with E-state index < -0.39 is 0 Å². The van der Waals surface area contributed by atoms with Crippen LogP contribution in [0.15, 0.2) is 150 Å². The molecule has 6 aromatic carbocycles. The van der Waals surface area contributed by atoms with E-state index >= 15 is 0 Å². The van der Waals surface area contributed by atoms with E-state index in [1.807, 2.05) is 62.4 Å². The predicted octanol–water partition coefficient (Wildman–Crippen LogP) is 5.97. The summed E-state index contributed by atoms with van der Waals surface area (Å²) in [5, 5.41) is 6.17. The van der Waals surface area contributed by atoms with Crippen LogP contribution in [0, 0.1) is 0 Å². The minimum atomic E-state index is -0.372. The number of carbonyl (C=O) groups is 6. The molecule has 2 aliphatic rings. The van der Waals surface area contributed by atoms with E-state index in [-0.39, 0.29) is 89.0 Å². The fraction of sp³-hybridized carbons (Fsp3) is 0.214. The second-order valence-corrected chi connectivity index (χ2v) is 16.6. The summed E-state index contributed by atoms with van der Waals surface area (Å²) in [6, 6.07) is 42.3. The van der Waals surface area contributed by atoms with Crippen LogP contribution in [-0.4, -0.2) is 86.6 Å². The maximum absolute atomic E-state index is 13.5. The van der Waals surface area contributed by atoms with Crippen LogP contribution < -0.4 is 55.2 Å². The Morgan fingerprint density at radius 1 is 0.534 bits per heavy atom. The monoisotopic (exact) mass is 992 g/mol. The van der Waals surface area contributed by atoms with Gasteiger partial charge in [-0.05, 0) is 112 Å². The van der Waals surface area contributed by atoms with Crippen LogP contribution in [-0.2, 0) is 11.2 Å². The van der Waals surface area contributed by atoms with Gasteiger partial charge in [-0.2, -0.15) is 0 Å². The quantitative estimate of drug-likeness (QED) is 0.0580. The Kier molecular flexibility index (Phi) is 19.1. The van der Waals surface area contributed by atoms with E-state index in [1.54, 1.807) is 102 Å². The van der Waals surface area contributed by atoms with Gasteiger partial charge in [0.25, 0.3) is 35.1 Å². The fourth-order valence-corrected chi connectivity index (χ4v) is 8.55. The molecule has 1 aromatic heterocycles. The van der Waals surface area contributed by atoms with Crippen LogP contribution in [0.5, 0.6) is 11.5 Å². The van der Waals surface area contributed by atoms with Gasteiger partial charge >= 0.3 is 29.6 Å². The summed E-state index contributed by atoms with van der Waals surface area (Å²) in [5.41, 5.74) is 4.13. The number of hydrogen-bond acceptors (Lipinski definition) is 11. The Hall–Kier alpha value is -7.76. The van der Waals surface area contributed by atoms with Gasteiger partial charge < -0.3 is 25.6 Å². The maximum atomic E-state index is 13.5. The molecule has 3 N–H and O–H groups in total. The average Bonchev–Trinajstić information content (AvgIpc) is 3.78. The van der Waals surface area contributed by atoms with E-state index in [4.69, 9.17) is 14.5 Å². The predicted molar refractivity (Wildman–Crippen MR) is 271 cm³/mol. The van der Waals surface area contributed by atoms with Gasteiger partial charge in [-0.1, -0.05) is 72.8 Å². The number of nitrogens with one attached hydrogen (secondary N) is 2. The first-order valence-electron chi connectivity index (χ1n) is 23.6. The van der Waals surface area contributed by atoms with E-state index in [0.717, 1.165) is 0 Å². The normalized spacial score (nSPS) is 12.2.